The molecule has 1 aromatic rings. The first-order valence-corrected chi connectivity index (χ1v) is 4.84. The van der Waals surface area contributed by atoms with Gasteiger partial charge in [0.2, 0.25) is 0 Å². The molecule has 0 atom stereocenters. The predicted molar refractivity (Wildman–Crippen MR) is 60.7 cm³/mol. The molecule has 79 valence electrons. The van der Waals surface area contributed by atoms with Gasteiger partial charge >= 0.3 is 0 Å². The SMILES string of the molecule is C=C[C](C)c1cccc([N+](=O)[O-])c1CC. The first-order valence-electron chi connectivity index (χ1n) is 4.84. The van der Waals surface area contributed by atoms with Crippen LogP contribution in [-0.2, 0) is 6.42 Å². The van der Waals surface area contributed by atoms with Crippen LogP contribution in [0.4, 0.5) is 5.69 Å². The van der Waals surface area contributed by atoms with E-state index in [1.54, 1.807) is 18.2 Å². The highest BCUT2D eigenvalue weighted by Crippen LogP contribution is 2.28. The van der Waals surface area contributed by atoms with Gasteiger partial charge in [-0.25, -0.2) is 0 Å². The second kappa shape index (κ2) is 4.73. The summed E-state index contributed by atoms with van der Waals surface area (Å²) < 4.78 is 0. The Hall–Kier alpha value is -1.64. The fourth-order valence-electron chi connectivity index (χ4n) is 1.60. The summed E-state index contributed by atoms with van der Waals surface area (Å²) >= 11 is 0. The minimum atomic E-state index is -0.335. The molecule has 3 nitrogen and oxygen atoms in total. The van der Waals surface area contributed by atoms with Crippen LogP contribution in [0.3, 0.4) is 0 Å². The summed E-state index contributed by atoms with van der Waals surface area (Å²) in [6.45, 7) is 7.51. The molecule has 3 heteroatoms. The molecular formula is C12H14NO2. The van der Waals surface area contributed by atoms with Gasteiger partial charge in [-0.05, 0) is 12.0 Å². The van der Waals surface area contributed by atoms with Crippen molar-refractivity contribution in [3.8, 4) is 0 Å². The lowest BCUT2D eigenvalue weighted by Gasteiger charge is -2.11. The molecule has 0 N–H and O–H groups in total. The molecule has 1 rings (SSSR count). The van der Waals surface area contributed by atoms with Crippen molar-refractivity contribution in [2.24, 2.45) is 0 Å². The lowest BCUT2D eigenvalue weighted by molar-refractivity contribution is -0.385. The average molecular weight is 204 g/mol. The first kappa shape index (κ1) is 11.4. The number of nitro groups is 1. The van der Waals surface area contributed by atoms with E-state index in [9.17, 15) is 10.1 Å². The monoisotopic (exact) mass is 204 g/mol. The summed E-state index contributed by atoms with van der Waals surface area (Å²) in [5, 5.41) is 10.8. The van der Waals surface area contributed by atoms with Crippen molar-refractivity contribution in [3.05, 3.63) is 58.0 Å². The molecule has 0 aliphatic heterocycles. The fourth-order valence-corrected chi connectivity index (χ4v) is 1.60. The summed E-state index contributed by atoms with van der Waals surface area (Å²) in [6, 6.07) is 5.14. The molecule has 0 saturated heterocycles. The van der Waals surface area contributed by atoms with Gasteiger partial charge in [0.25, 0.3) is 5.69 Å². The molecule has 0 aliphatic carbocycles. The highest BCUT2D eigenvalue weighted by Gasteiger charge is 2.17. The van der Waals surface area contributed by atoms with Crippen LogP contribution in [0.15, 0.2) is 30.9 Å². The second-order valence-corrected chi connectivity index (χ2v) is 3.30. The van der Waals surface area contributed by atoms with Crippen LogP contribution in [0.5, 0.6) is 0 Å². The van der Waals surface area contributed by atoms with E-state index in [1.807, 2.05) is 19.9 Å². The molecule has 0 saturated carbocycles. The van der Waals surface area contributed by atoms with Crippen LogP contribution < -0.4 is 0 Å². The van der Waals surface area contributed by atoms with Crippen LogP contribution in [0.25, 0.3) is 0 Å². The third kappa shape index (κ3) is 2.24. The zero-order valence-electron chi connectivity index (χ0n) is 8.99. The number of hydrogen-bond donors (Lipinski definition) is 0. The van der Waals surface area contributed by atoms with Crippen molar-refractivity contribution in [2.45, 2.75) is 20.3 Å². The third-order valence-electron chi connectivity index (χ3n) is 2.43. The molecule has 0 aliphatic rings. The average Bonchev–Trinajstić information content (AvgIpc) is 2.26. The zero-order chi connectivity index (χ0) is 11.4. The highest BCUT2D eigenvalue weighted by atomic mass is 16.6. The molecule has 1 aromatic carbocycles. The summed E-state index contributed by atoms with van der Waals surface area (Å²) in [5.74, 6) is 0.968. The molecule has 1 radical (unpaired) electrons. The molecule has 0 bridgehead atoms. The van der Waals surface area contributed by atoms with Crippen molar-refractivity contribution < 1.29 is 4.92 Å². The van der Waals surface area contributed by atoms with Gasteiger partial charge in [-0.3, -0.25) is 10.1 Å². The second-order valence-electron chi connectivity index (χ2n) is 3.30. The number of nitro benzene ring substituents is 1. The number of hydrogen-bond acceptors (Lipinski definition) is 2. The third-order valence-corrected chi connectivity index (χ3v) is 2.43. The van der Waals surface area contributed by atoms with E-state index in [0.29, 0.717) is 6.42 Å². The van der Waals surface area contributed by atoms with E-state index in [-0.39, 0.29) is 10.6 Å². The summed E-state index contributed by atoms with van der Waals surface area (Å²) in [6.07, 6.45) is 2.37. The van der Waals surface area contributed by atoms with Crippen LogP contribution in [0, 0.1) is 16.0 Å². The Bertz CT molecular complexity index is 385. The standard InChI is InChI=1S/C12H14NO2/c1-4-9(3)11-7-6-8-12(13(14)15)10(11)5-2/h4,6-8H,1,5H2,2-3H3. The van der Waals surface area contributed by atoms with Gasteiger partial charge in [-0.2, -0.15) is 0 Å². The van der Waals surface area contributed by atoms with Crippen molar-refractivity contribution >= 4 is 5.69 Å². The maximum absolute atomic E-state index is 10.8. The van der Waals surface area contributed by atoms with Gasteiger partial charge < -0.3 is 0 Å². The van der Waals surface area contributed by atoms with Gasteiger partial charge in [-0.1, -0.05) is 32.1 Å². The normalized spacial score (nSPS) is 10.3. The Morgan fingerprint density at radius 2 is 2.27 bits per heavy atom. The van der Waals surface area contributed by atoms with Crippen molar-refractivity contribution in [2.75, 3.05) is 0 Å². The maximum Gasteiger partial charge on any atom is 0.272 e. The number of allylic oxidation sites excluding steroid dienone is 1. The smallest absolute Gasteiger partial charge is 0.258 e. The lowest BCUT2D eigenvalue weighted by Crippen LogP contribution is -2.01. The fraction of sp³-hybridized carbons (Fsp3) is 0.250. The first-order chi connectivity index (χ1) is 7.11. The summed E-state index contributed by atoms with van der Waals surface area (Å²) in [7, 11) is 0. The van der Waals surface area contributed by atoms with Crippen molar-refractivity contribution in [3.63, 3.8) is 0 Å². The zero-order valence-corrected chi connectivity index (χ0v) is 8.99. The van der Waals surface area contributed by atoms with Gasteiger partial charge in [0, 0.05) is 17.5 Å². The number of benzene rings is 1. The summed E-state index contributed by atoms with van der Waals surface area (Å²) in [5.41, 5.74) is 1.89. The van der Waals surface area contributed by atoms with Crippen molar-refractivity contribution in [1.29, 1.82) is 0 Å². The molecule has 0 aromatic heterocycles. The van der Waals surface area contributed by atoms with Crippen LogP contribution in [0.2, 0.25) is 0 Å². The number of rotatable bonds is 4. The quantitative estimate of drug-likeness (QED) is 0.558. The molecule has 15 heavy (non-hydrogen) atoms. The molecule has 0 unspecified atom stereocenters. The van der Waals surface area contributed by atoms with E-state index >= 15 is 0 Å². The van der Waals surface area contributed by atoms with Crippen LogP contribution in [0.1, 0.15) is 25.0 Å². The van der Waals surface area contributed by atoms with Gasteiger partial charge in [0.05, 0.1) is 4.92 Å². The van der Waals surface area contributed by atoms with E-state index in [2.05, 4.69) is 6.58 Å². The van der Waals surface area contributed by atoms with E-state index in [4.69, 9.17) is 0 Å². The van der Waals surface area contributed by atoms with E-state index in [0.717, 1.165) is 17.0 Å². The summed E-state index contributed by atoms with van der Waals surface area (Å²) in [4.78, 5) is 10.5. The Labute approximate surface area is 89.6 Å². The Kier molecular flexibility index (Phi) is 3.61. The van der Waals surface area contributed by atoms with Gasteiger partial charge in [0.15, 0.2) is 0 Å². The molecule has 0 amide bonds. The topological polar surface area (TPSA) is 43.1 Å². The Balaban J connectivity index is 3.34. The molecule has 0 spiro atoms. The van der Waals surface area contributed by atoms with Gasteiger partial charge in [0.1, 0.15) is 0 Å². The molecule has 0 fully saturated rings. The van der Waals surface area contributed by atoms with E-state index in [1.165, 1.54) is 0 Å². The predicted octanol–water partition coefficient (Wildman–Crippen LogP) is 3.29. The van der Waals surface area contributed by atoms with E-state index < -0.39 is 0 Å². The Morgan fingerprint density at radius 3 is 2.73 bits per heavy atom. The minimum Gasteiger partial charge on any atom is -0.258 e. The minimum absolute atomic E-state index is 0.191. The van der Waals surface area contributed by atoms with Crippen LogP contribution in [-0.4, -0.2) is 4.92 Å². The molecular weight excluding hydrogens is 190 g/mol. The van der Waals surface area contributed by atoms with Gasteiger partial charge in [-0.15, -0.1) is 6.58 Å². The largest absolute Gasteiger partial charge is 0.272 e. The number of nitrogens with zero attached hydrogens (tertiary/aromatic N) is 1. The lowest BCUT2D eigenvalue weighted by atomic mass is 9.93. The van der Waals surface area contributed by atoms with Crippen molar-refractivity contribution in [1.82, 2.24) is 0 Å². The van der Waals surface area contributed by atoms with Crippen LogP contribution >= 0.6 is 0 Å². The molecule has 0 heterocycles. The highest BCUT2D eigenvalue weighted by molar-refractivity contribution is 5.52. The maximum atomic E-state index is 10.8. The Morgan fingerprint density at radius 1 is 1.60 bits per heavy atom.